The molecule has 0 aliphatic heterocycles. The highest BCUT2D eigenvalue weighted by Crippen LogP contribution is 2.33. The van der Waals surface area contributed by atoms with E-state index in [1.807, 2.05) is 19.1 Å². The van der Waals surface area contributed by atoms with Crippen LogP contribution in [0.2, 0.25) is 0 Å². The predicted octanol–water partition coefficient (Wildman–Crippen LogP) is 2.30. The third kappa shape index (κ3) is 1.95. The minimum atomic E-state index is 0.0360. The molecule has 0 radical (unpaired) electrons. The monoisotopic (exact) mass is 255 g/mol. The van der Waals surface area contributed by atoms with Crippen LogP contribution in [0.5, 0.6) is 0 Å². The highest BCUT2D eigenvalue weighted by atomic mass is 16.3. The molecule has 0 atom stereocenters. The molecular weight excluding hydrogens is 238 g/mol. The fourth-order valence-electron chi connectivity index (χ4n) is 2.56. The van der Waals surface area contributed by atoms with Gasteiger partial charge >= 0.3 is 0 Å². The molecule has 19 heavy (non-hydrogen) atoms. The molecule has 4 heteroatoms. The van der Waals surface area contributed by atoms with Crippen LogP contribution in [0.1, 0.15) is 5.56 Å². The van der Waals surface area contributed by atoms with Crippen molar-refractivity contribution in [3.63, 3.8) is 0 Å². The van der Waals surface area contributed by atoms with Crippen molar-refractivity contribution in [2.24, 2.45) is 5.84 Å². The average molecular weight is 255 g/mol. The van der Waals surface area contributed by atoms with Crippen LogP contribution in [-0.2, 0) is 0 Å². The summed E-state index contributed by atoms with van der Waals surface area (Å²) >= 11 is 0. The van der Waals surface area contributed by atoms with Crippen LogP contribution in [0.4, 0.5) is 5.69 Å². The van der Waals surface area contributed by atoms with E-state index in [0.717, 1.165) is 33.1 Å². The summed E-state index contributed by atoms with van der Waals surface area (Å²) in [6.07, 6.45) is 0. The molecule has 0 saturated heterocycles. The number of aliphatic hydroxyl groups excluding tert-OH is 1. The first-order valence-corrected chi connectivity index (χ1v) is 6.35. The zero-order valence-corrected chi connectivity index (χ0v) is 10.9. The third-order valence-electron chi connectivity index (χ3n) is 3.38. The van der Waals surface area contributed by atoms with Gasteiger partial charge in [0.15, 0.2) is 0 Å². The number of aliphatic hydroxyl groups is 1. The summed E-state index contributed by atoms with van der Waals surface area (Å²) in [4.78, 5) is 3.41. The van der Waals surface area contributed by atoms with E-state index in [0.29, 0.717) is 6.54 Å². The molecule has 4 nitrogen and oxygen atoms in total. The minimum Gasteiger partial charge on any atom is -0.394 e. The number of nitrogens with one attached hydrogen (secondary N) is 1. The van der Waals surface area contributed by atoms with E-state index in [4.69, 9.17) is 10.9 Å². The summed E-state index contributed by atoms with van der Waals surface area (Å²) in [5, 5.41) is 12.9. The van der Waals surface area contributed by atoms with Crippen molar-refractivity contribution >= 4 is 27.5 Å². The van der Waals surface area contributed by atoms with Crippen LogP contribution in [0.25, 0.3) is 21.8 Å². The lowest BCUT2D eigenvalue weighted by atomic mass is 10.1. The maximum atomic E-state index is 9.07. The summed E-state index contributed by atoms with van der Waals surface area (Å²) in [6.45, 7) is 2.49. The Morgan fingerprint density at radius 2 is 2.00 bits per heavy atom. The number of aromatic nitrogens is 1. The Labute approximate surface area is 111 Å². The molecule has 4 N–H and O–H groups in total. The summed E-state index contributed by atoms with van der Waals surface area (Å²) in [5.74, 6) is 6.05. The normalized spacial score (nSPS) is 11.3. The summed E-state index contributed by atoms with van der Waals surface area (Å²) in [5.41, 5.74) is 4.26. The van der Waals surface area contributed by atoms with E-state index < -0.39 is 0 Å². The lowest BCUT2D eigenvalue weighted by molar-refractivity contribution is 0.302. The number of hydrogen-bond acceptors (Lipinski definition) is 3. The number of rotatable bonds is 3. The SMILES string of the molecule is Cc1cc(N(N)CCO)c2c(c1)[nH]c1ccccc12. The number of nitrogens with zero attached hydrogens (tertiary/aromatic N) is 1. The quantitative estimate of drug-likeness (QED) is 0.497. The van der Waals surface area contributed by atoms with Gasteiger partial charge in [-0.25, -0.2) is 5.84 Å². The van der Waals surface area contributed by atoms with Gasteiger partial charge in [0.05, 0.1) is 18.8 Å². The average Bonchev–Trinajstić information content (AvgIpc) is 2.75. The van der Waals surface area contributed by atoms with E-state index in [-0.39, 0.29) is 6.61 Å². The number of aryl methyl sites for hydroxylation is 1. The van der Waals surface area contributed by atoms with Gasteiger partial charge < -0.3 is 15.1 Å². The van der Waals surface area contributed by atoms with Gasteiger partial charge in [0.25, 0.3) is 0 Å². The molecule has 0 saturated carbocycles. The van der Waals surface area contributed by atoms with Crippen LogP contribution in [-0.4, -0.2) is 23.2 Å². The Kier molecular flexibility index (Phi) is 2.89. The molecule has 0 spiro atoms. The Hall–Kier alpha value is -2.04. The Bertz CT molecular complexity index is 733. The number of para-hydroxylation sites is 1. The van der Waals surface area contributed by atoms with Crippen molar-refractivity contribution in [2.75, 3.05) is 18.2 Å². The molecule has 3 rings (SSSR count). The van der Waals surface area contributed by atoms with Crippen molar-refractivity contribution in [1.82, 2.24) is 4.98 Å². The maximum absolute atomic E-state index is 9.07. The standard InChI is InChI=1S/C15H17N3O/c1-10-8-13-15(14(9-10)18(16)6-7-19)11-4-2-3-5-12(11)17-13/h2-5,8-9,17,19H,6-7,16H2,1H3. The summed E-state index contributed by atoms with van der Waals surface area (Å²) in [6, 6.07) is 12.3. The van der Waals surface area contributed by atoms with Gasteiger partial charge in [-0.15, -0.1) is 0 Å². The first-order valence-electron chi connectivity index (χ1n) is 6.35. The van der Waals surface area contributed by atoms with E-state index in [9.17, 15) is 0 Å². The highest BCUT2D eigenvalue weighted by molar-refractivity contribution is 6.13. The number of fused-ring (bicyclic) bond motifs is 3. The van der Waals surface area contributed by atoms with Crippen molar-refractivity contribution in [1.29, 1.82) is 0 Å². The van der Waals surface area contributed by atoms with Gasteiger partial charge in [0, 0.05) is 21.8 Å². The molecule has 3 aromatic rings. The van der Waals surface area contributed by atoms with Crippen molar-refractivity contribution in [3.05, 3.63) is 42.0 Å². The Morgan fingerprint density at radius 3 is 2.79 bits per heavy atom. The first-order chi connectivity index (χ1) is 9.20. The lowest BCUT2D eigenvalue weighted by Crippen LogP contribution is -2.33. The summed E-state index contributed by atoms with van der Waals surface area (Å²) in [7, 11) is 0. The number of anilines is 1. The van der Waals surface area contributed by atoms with Crippen LogP contribution in [0.3, 0.4) is 0 Å². The number of H-pyrrole nitrogens is 1. The van der Waals surface area contributed by atoms with Gasteiger partial charge in [0.2, 0.25) is 0 Å². The van der Waals surface area contributed by atoms with Gasteiger partial charge in [-0.05, 0) is 30.7 Å². The number of hydrazine groups is 1. The van der Waals surface area contributed by atoms with Gasteiger partial charge in [0.1, 0.15) is 0 Å². The molecule has 2 aromatic carbocycles. The van der Waals surface area contributed by atoms with Crippen LogP contribution in [0.15, 0.2) is 36.4 Å². The van der Waals surface area contributed by atoms with Crippen molar-refractivity contribution < 1.29 is 5.11 Å². The minimum absolute atomic E-state index is 0.0360. The molecule has 0 bridgehead atoms. The van der Waals surface area contributed by atoms with Crippen molar-refractivity contribution in [2.45, 2.75) is 6.92 Å². The predicted molar refractivity (Wildman–Crippen MR) is 79.2 cm³/mol. The number of aromatic amines is 1. The van der Waals surface area contributed by atoms with Crippen LogP contribution in [0, 0.1) is 6.92 Å². The second kappa shape index (κ2) is 4.57. The highest BCUT2D eigenvalue weighted by Gasteiger charge is 2.12. The smallest absolute Gasteiger partial charge is 0.0622 e. The third-order valence-corrected chi connectivity index (χ3v) is 3.38. The molecule has 1 aromatic heterocycles. The zero-order valence-electron chi connectivity index (χ0n) is 10.9. The summed E-state index contributed by atoms with van der Waals surface area (Å²) < 4.78 is 0. The van der Waals surface area contributed by atoms with Gasteiger partial charge in [-0.3, -0.25) is 0 Å². The largest absolute Gasteiger partial charge is 0.394 e. The van der Waals surface area contributed by atoms with Crippen molar-refractivity contribution in [3.8, 4) is 0 Å². The van der Waals surface area contributed by atoms with Gasteiger partial charge in [-0.1, -0.05) is 18.2 Å². The first kappa shape index (κ1) is 12.0. The second-order valence-corrected chi connectivity index (χ2v) is 4.79. The Balaban J connectivity index is 2.35. The molecule has 0 aliphatic carbocycles. The molecule has 0 fully saturated rings. The fraction of sp³-hybridized carbons (Fsp3) is 0.200. The number of benzene rings is 2. The van der Waals surface area contributed by atoms with E-state index in [2.05, 4.69) is 29.2 Å². The number of nitrogens with two attached hydrogens (primary N) is 1. The maximum Gasteiger partial charge on any atom is 0.0622 e. The zero-order chi connectivity index (χ0) is 13.4. The van der Waals surface area contributed by atoms with Crippen LogP contribution >= 0.6 is 0 Å². The Morgan fingerprint density at radius 1 is 1.21 bits per heavy atom. The van der Waals surface area contributed by atoms with Gasteiger partial charge in [-0.2, -0.15) is 0 Å². The molecular formula is C15H17N3O. The van der Waals surface area contributed by atoms with E-state index in [1.165, 1.54) is 0 Å². The van der Waals surface area contributed by atoms with Crippen LogP contribution < -0.4 is 10.9 Å². The topological polar surface area (TPSA) is 65.3 Å². The van der Waals surface area contributed by atoms with E-state index >= 15 is 0 Å². The van der Waals surface area contributed by atoms with E-state index in [1.54, 1.807) is 5.01 Å². The fourth-order valence-corrected chi connectivity index (χ4v) is 2.56. The molecule has 98 valence electrons. The molecule has 0 aliphatic rings. The lowest BCUT2D eigenvalue weighted by Gasteiger charge is -2.19. The number of hydrogen-bond donors (Lipinski definition) is 3. The second-order valence-electron chi connectivity index (χ2n) is 4.79. The molecule has 0 amide bonds. The molecule has 1 heterocycles. The molecule has 0 unspecified atom stereocenters.